The average Bonchev–Trinajstić information content (AvgIpc) is 3.00. The Kier molecular flexibility index (Phi) is 5.87. The fourth-order valence-corrected chi connectivity index (χ4v) is 4.54. The van der Waals surface area contributed by atoms with Crippen LogP contribution in [-0.2, 0) is 10.8 Å². The minimum Gasteiger partial charge on any atom is -0.313 e. The smallest absolute Gasteiger partial charge is 0.285 e. The molecule has 21 heavy (non-hydrogen) atoms. The van der Waals surface area contributed by atoms with Crippen molar-refractivity contribution in [1.82, 2.24) is 5.32 Å². The van der Waals surface area contributed by atoms with Crippen molar-refractivity contribution in [2.24, 2.45) is 5.92 Å². The van der Waals surface area contributed by atoms with Crippen molar-refractivity contribution in [1.29, 1.82) is 0 Å². The van der Waals surface area contributed by atoms with Crippen LogP contribution in [0.15, 0.2) is 29.2 Å². The Morgan fingerprint density at radius 1 is 1.38 bits per heavy atom. The Hall–Kier alpha value is -1.27. The number of nitro groups is 1. The number of benzene rings is 1. The normalized spacial score (nSPS) is 18.5. The highest BCUT2D eigenvalue weighted by molar-refractivity contribution is 7.85. The van der Waals surface area contributed by atoms with Gasteiger partial charge in [-0.05, 0) is 31.4 Å². The van der Waals surface area contributed by atoms with Crippen LogP contribution < -0.4 is 5.32 Å². The second-order valence-electron chi connectivity index (χ2n) is 5.45. The summed E-state index contributed by atoms with van der Waals surface area (Å²) in [6.45, 7) is 2.87. The van der Waals surface area contributed by atoms with Crippen LogP contribution in [0.1, 0.15) is 32.6 Å². The highest BCUT2D eigenvalue weighted by Gasteiger charge is 2.28. The fraction of sp³-hybridized carbons (Fsp3) is 0.600. The van der Waals surface area contributed by atoms with Gasteiger partial charge in [0.15, 0.2) is 0 Å². The lowest BCUT2D eigenvalue weighted by Crippen LogP contribution is -2.39. The van der Waals surface area contributed by atoms with E-state index < -0.39 is 15.7 Å². The molecule has 1 aliphatic carbocycles. The van der Waals surface area contributed by atoms with Crippen LogP contribution in [0.5, 0.6) is 0 Å². The molecule has 1 aromatic carbocycles. The van der Waals surface area contributed by atoms with Crippen LogP contribution in [0.4, 0.5) is 5.69 Å². The van der Waals surface area contributed by atoms with Crippen molar-refractivity contribution in [3.63, 3.8) is 0 Å². The summed E-state index contributed by atoms with van der Waals surface area (Å²) in [5, 5.41) is 14.5. The van der Waals surface area contributed by atoms with Gasteiger partial charge >= 0.3 is 0 Å². The molecule has 1 fully saturated rings. The van der Waals surface area contributed by atoms with Crippen molar-refractivity contribution in [2.75, 3.05) is 12.3 Å². The zero-order chi connectivity index (χ0) is 15.2. The lowest BCUT2D eigenvalue weighted by molar-refractivity contribution is -0.387. The lowest BCUT2D eigenvalue weighted by atomic mass is 10.00. The number of nitrogens with one attached hydrogen (secondary N) is 1. The number of para-hydroxylation sites is 1. The molecule has 1 aliphatic rings. The third-order valence-corrected chi connectivity index (χ3v) is 5.57. The Morgan fingerprint density at radius 3 is 2.67 bits per heavy atom. The number of rotatable bonds is 7. The van der Waals surface area contributed by atoms with Crippen LogP contribution in [0, 0.1) is 16.0 Å². The topological polar surface area (TPSA) is 72.2 Å². The summed E-state index contributed by atoms with van der Waals surface area (Å²) in [5.74, 6) is 0.986. The highest BCUT2D eigenvalue weighted by Crippen LogP contribution is 2.29. The van der Waals surface area contributed by atoms with Gasteiger partial charge in [-0.25, -0.2) is 0 Å². The summed E-state index contributed by atoms with van der Waals surface area (Å²) >= 11 is 0. The number of hydrogen-bond acceptors (Lipinski definition) is 4. The number of nitrogens with zero attached hydrogens (tertiary/aromatic N) is 1. The van der Waals surface area contributed by atoms with E-state index in [1.165, 1.54) is 18.9 Å². The van der Waals surface area contributed by atoms with Crippen molar-refractivity contribution >= 4 is 16.5 Å². The SMILES string of the molecule is CCNC(CS(=O)c1ccccc1[N+](=O)[O-])C1CCCC1. The molecule has 2 atom stereocenters. The molecule has 0 saturated heterocycles. The van der Waals surface area contributed by atoms with Gasteiger partial charge in [0.25, 0.3) is 5.69 Å². The first kappa shape index (κ1) is 16.1. The summed E-state index contributed by atoms with van der Waals surface area (Å²) in [6, 6.07) is 6.52. The van der Waals surface area contributed by atoms with E-state index in [2.05, 4.69) is 5.32 Å². The van der Waals surface area contributed by atoms with Crippen LogP contribution in [0.25, 0.3) is 0 Å². The standard InChI is InChI=1S/C15H22N2O3S/c1-2-16-13(12-7-3-4-8-12)11-21(20)15-10-6-5-9-14(15)17(18)19/h5-6,9-10,12-13,16H,2-4,7-8,11H2,1H3. The van der Waals surface area contributed by atoms with Crippen molar-refractivity contribution in [3.8, 4) is 0 Å². The number of nitro benzene ring substituents is 1. The van der Waals surface area contributed by atoms with Crippen LogP contribution in [-0.4, -0.2) is 27.5 Å². The van der Waals surface area contributed by atoms with E-state index in [0.717, 1.165) is 19.4 Å². The molecule has 1 saturated carbocycles. The molecule has 5 nitrogen and oxygen atoms in total. The van der Waals surface area contributed by atoms with Crippen LogP contribution in [0.2, 0.25) is 0 Å². The highest BCUT2D eigenvalue weighted by atomic mass is 32.2. The zero-order valence-electron chi connectivity index (χ0n) is 12.3. The van der Waals surface area contributed by atoms with Gasteiger partial charge in [0.2, 0.25) is 0 Å². The molecule has 0 bridgehead atoms. The molecule has 0 radical (unpaired) electrons. The quantitative estimate of drug-likeness (QED) is 0.621. The van der Waals surface area contributed by atoms with Gasteiger partial charge in [0.1, 0.15) is 4.90 Å². The molecule has 6 heteroatoms. The molecular weight excluding hydrogens is 288 g/mol. The minimum atomic E-state index is -1.35. The summed E-state index contributed by atoms with van der Waals surface area (Å²) in [7, 11) is -1.35. The van der Waals surface area contributed by atoms with Crippen molar-refractivity contribution in [3.05, 3.63) is 34.4 Å². The maximum absolute atomic E-state index is 12.6. The first-order valence-electron chi connectivity index (χ1n) is 7.48. The Morgan fingerprint density at radius 2 is 2.05 bits per heavy atom. The van der Waals surface area contributed by atoms with Gasteiger partial charge in [-0.1, -0.05) is 31.9 Å². The molecule has 0 aromatic heterocycles. The predicted octanol–water partition coefficient (Wildman–Crippen LogP) is 2.87. The molecular formula is C15H22N2O3S. The summed E-state index contributed by atoms with van der Waals surface area (Å²) in [5.41, 5.74) is -0.0440. The minimum absolute atomic E-state index is 0.0440. The predicted molar refractivity (Wildman–Crippen MR) is 83.8 cm³/mol. The number of hydrogen-bond donors (Lipinski definition) is 1. The molecule has 1 N–H and O–H groups in total. The monoisotopic (exact) mass is 310 g/mol. The molecule has 0 spiro atoms. The van der Waals surface area contributed by atoms with E-state index in [1.807, 2.05) is 6.92 Å². The first-order chi connectivity index (χ1) is 10.1. The van der Waals surface area contributed by atoms with Gasteiger partial charge in [0, 0.05) is 17.9 Å². The lowest BCUT2D eigenvalue weighted by Gasteiger charge is -2.23. The van der Waals surface area contributed by atoms with Gasteiger partial charge < -0.3 is 5.32 Å². The Labute approximate surface area is 127 Å². The van der Waals surface area contributed by atoms with E-state index >= 15 is 0 Å². The third kappa shape index (κ3) is 4.11. The molecule has 0 aliphatic heterocycles. The second kappa shape index (κ2) is 7.66. The van der Waals surface area contributed by atoms with E-state index in [4.69, 9.17) is 0 Å². The van der Waals surface area contributed by atoms with E-state index in [1.54, 1.807) is 18.2 Å². The summed E-state index contributed by atoms with van der Waals surface area (Å²) < 4.78 is 12.6. The van der Waals surface area contributed by atoms with Crippen molar-refractivity contribution < 1.29 is 9.13 Å². The van der Waals surface area contributed by atoms with Gasteiger partial charge in [-0.2, -0.15) is 0 Å². The third-order valence-electron chi connectivity index (χ3n) is 4.07. The fourth-order valence-electron chi connectivity index (χ4n) is 3.04. The first-order valence-corrected chi connectivity index (χ1v) is 8.80. The van der Waals surface area contributed by atoms with E-state index in [0.29, 0.717) is 16.6 Å². The van der Waals surface area contributed by atoms with E-state index in [-0.39, 0.29) is 11.7 Å². The maximum Gasteiger partial charge on any atom is 0.285 e. The van der Waals surface area contributed by atoms with Crippen molar-refractivity contribution in [2.45, 2.75) is 43.5 Å². The zero-order valence-corrected chi connectivity index (χ0v) is 13.1. The van der Waals surface area contributed by atoms with Crippen LogP contribution in [0.3, 0.4) is 0 Å². The van der Waals surface area contributed by atoms with Crippen LogP contribution >= 0.6 is 0 Å². The largest absolute Gasteiger partial charge is 0.313 e. The molecule has 2 unspecified atom stereocenters. The van der Waals surface area contributed by atoms with E-state index in [9.17, 15) is 14.3 Å². The Bertz CT molecular complexity index is 515. The molecule has 2 rings (SSSR count). The molecule has 0 heterocycles. The molecule has 0 amide bonds. The van der Waals surface area contributed by atoms with Gasteiger partial charge in [0.05, 0.1) is 15.7 Å². The summed E-state index contributed by atoms with van der Waals surface area (Å²) in [6.07, 6.45) is 4.77. The second-order valence-corrected chi connectivity index (χ2v) is 6.91. The summed E-state index contributed by atoms with van der Waals surface area (Å²) in [4.78, 5) is 10.9. The van der Waals surface area contributed by atoms with Gasteiger partial charge in [-0.15, -0.1) is 0 Å². The molecule has 116 valence electrons. The molecule has 1 aromatic rings. The average molecular weight is 310 g/mol. The maximum atomic E-state index is 12.6. The Balaban J connectivity index is 2.13. The van der Waals surface area contributed by atoms with Gasteiger partial charge in [-0.3, -0.25) is 14.3 Å².